The summed E-state index contributed by atoms with van der Waals surface area (Å²) in [5.41, 5.74) is 7.97. The molecule has 0 aromatic heterocycles. The number of nitrogen functional groups attached to an aromatic ring is 1. The van der Waals surface area contributed by atoms with Crippen molar-refractivity contribution in [2.45, 2.75) is 0 Å². The van der Waals surface area contributed by atoms with E-state index in [-0.39, 0.29) is 5.91 Å². The molecule has 1 saturated heterocycles. The Bertz CT molecular complexity index is 440. The number of carbonyl (C=O) groups excluding carboxylic acids is 1. The van der Waals surface area contributed by atoms with Gasteiger partial charge >= 0.3 is 0 Å². The fourth-order valence-corrected chi connectivity index (χ4v) is 1.99. The summed E-state index contributed by atoms with van der Waals surface area (Å²) in [5, 5.41) is 0. The Balaban J connectivity index is 2.28. The van der Waals surface area contributed by atoms with Gasteiger partial charge in [-0.15, -0.1) is 0 Å². The van der Waals surface area contributed by atoms with Crippen molar-refractivity contribution in [1.82, 2.24) is 4.90 Å². The van der Waals surface area contributed by atoms with E-state index in [1.807, 2.05) is 12.1 Å². The third kappa shape index (κ3) is 2.56. The molecule has 1 amide bonds. The fourth-order valence-electron chi connectivity index (χ4n) is 1.99. The van der Waals surface area contributed by atoms with Crippen LogP contribution in [0.2, 0.25) is 0 Å². The minimum atomic E-state index is -0.0670. The highest BCUT2D eigenvalue weighted by atomic mass is 16.5. The molecule has 2 N–H and O–H groups in total. The first kappa shape index (κ1) is 12.7. The minimum absolute atomic E-state index is 0.0670. The molecule has 98 valence electrons. The molecular weight excluding hydrogens is 230 g/mol. The molecule has 0 aliphatic carbocycles. The molecule has 1 fully saturated rings. The molecule has 1 aromatic rings. The maximum absolute atomic E-state index is 12.0. The second-order valence-electron chi connectivity index (χ2n) is 4.57. The molecule has 0 saturated carbocycles. The first-order valence-corrected chi connectivity index (χ1v) is 6.03. The summed E-state index contributed by atoms with van der Waals surface area (Å²) in [6, 6.07) is 5.61. The zero-order valence-electron chi connectivity index (χ0n) is 10.8. The molecule has 2 rings (SSSR count). The lowest BCUT2D eigenvalue weighted by Gasteiger charge is -2.29. The van der Waals surface area contributed by atoms with Crippen molar-refractivity contribution in [2.75, 3.05) is 51.0 Å². The summed E-state index contributed by atoms with van der Waals surface area (Å²) >= 11 is 0. The van der Waals surface area contributed by atoms with Crippen LogP contribution in [0.5, 0.6) is 0 Å². The topological polar surface area (TPSA) is 58.8 Å². The molecule has 1 heterocycles. The van der Waals surface area contributed by atoms with E-state index in [4.69, 9.17) is 10.5 Å². The van der Waals surface area contributed by atoms with Gasteiger partial charge in [-0.05, 0) is 18.2 Å². The lowest BCUT2D eigenvalue weighted by molar-refractivity contribution is 0.0828. The second kappa shape index (κ2) is 5.27. The average Bonchev–Trinajstić information content (AvgIpc) is 2.39. The van der Waals surface area contributed by atoms with Gasteiger partial charge in [0.25, 0.3) is 5.91 Å². The third-order valence-electron chi connectivity index (χ3n) is 3.05. The number of anilines is 2. The zero-order valence-corrected chi connectivity index (χ0v) is 10.8. The van der Waals surface area contributed by atoms with Gasteiger partial charge < -0.3 is 20.3 Å². The molecular formula is C13H19N3O2. The Morgan fingerprint density at radius 3 is 2.61 bits per heavy atom. The molecule has 0 radical (unpaired) electrons. The summed E-state index contributed by atoms with van der Waals surface area (Å²) in [7, 11) is 3.45. The molecule has 0 unspecified atom stereocenters. The maximum atomic E-state index is 12.0. The predicted molar refractivity (Wildman–Crippen MR) is 71.9 cm³/mol. The van der Waals surface area contributed by atoms with Gasteiger partial charge in [0.2, 0.25) is 0 Å². The highest BCUT2D eigenvalue weighted by Gasteiger charge is 2.16. The van der Waals surface area contributed by atoms with Gasteiger partial charge in [0.1, 0.15) is 0 Å². The summed E-state index contributed by atoms with van der Waals surface area (Å²) in [6.45, 7) is 3.14. The molecule has 0 spiro atoms. The van der Waals surface area contributed by atoms with Crippen molar-refractivity contribution in [2.24, 2.45) is 0 Å². The molecule has 0 bridgehead atoms. The van der Waals surface area contributed by atoms with Crippen LogP contribution in [0.15, 0.2) is 18.2 Å². The molecule has 5 nitrogen and oxygen atoms in total. The largest absolute Gasteiger partial charge is 0.398 e. The van der Waals surface area contributed by atoms with E-state index in [0.717, 1.165) is 32.0 Å². The van der Waals surface area contributed by atoms with Crippen LogP contribution in [0.1, 0.15) is 10.4 Å². The Labute approximate surface area is 107 Å². The number of benzene rings is 1. The Morgan fingerprint density at radius 2 is 2.00 bits per heavy atom. The van der Waals surface area contributed by atoms with Gasteiger partial charge in [0.05, 0.1) is 18.8 Å². The van der Waals surface area contributed by atoms with Crippen LogP contribution in [0.4, 0.5) is 11.4 Å². The van der Waals surface area contributed by atoms with Crippen molar-refractivity contribution in [3.8, 4) is 0 Å². The number of amides is 1. The molecule has 18 heavy (non-hydrogen) atoms. The van der Waals surface area contributed by atoms with Gasteiger partial charge in [-0.1, -0.05) is 0 Å². The highest BCUT2D eigenvalue weighted by Crippen LogP contribution is 2.23. The number of hydrogen-bond acceptors (Lipinski definition) is 4. The molecule has 5 heteroatoms. The number of carbonyl (C=O) groups is 1. The Morgan fingerprint density at radius 1 is 1.33 bits per heavy atom. The van der Waals surface area contributed by atoms with E-state index in [0.29, 0.717) is 11.3 Å². The van der Waals surface area contributed by atoms with Gasteiger partial charge in [0.15, 0.2) is 0 Å². The van der Waals surface area contributed by atoms with Crippen molar-refractivity contribution in [3.05, 3.63) is 23.8 Å². The van der Waals surface area contributed by atoms with E-state index in [1.165, 1.54) is 4.90 Å². The van der Waals surface area contributed by atoms with E-state index < -0.39 is 0 Å². The number of hydrogen-bond donors (Lipinski definition) is 1. The van der Waals surface area contributed by atoms with Crippen LogP contribution in [0.25, 0.3) is 0 Å². The number of nitrogens with two attached hydrogens (primary N) is 1. The van der Waals surface area contributed by atoms with Gasteiger partial charge in [-0.25, -0.2) is 0 Å². The van der Waals surface area contributed by atoms with Crippen LogP contribution in [0, 0.1) is 0 Å². The SMILES string of the molecule is CN(C)C(=O)c1cc(N2CCOCC2)ccc1N. The lowest BCUT2D eigenvalue weighted by atomic mass is 10.1. The monoisotopic (exact) mass is 249 g/mol. The van der Waals surface area contributed by atoms with E-state index >= 15 is 0 Å². The minimum Gasteiger partial charge on any atom is -0.398 e. The summed E-state index contributed by atoms with van der Waals surface area (Å²) in [6.07, 6.45) is 0. The number of ether oxygens (including phenoxy) is 1. The number of rotatable bonds is 2. The fraction of sp³-hybridized carbons (Fsp3) is 0.462. The van der Waals surface area contributed by atoms with E-state index in [1.54, 1.807) is 20.2 Å². The second-order valence-corrected chi connectivity index (χ2v) is 4.57. The predicted octanol–water partition coefficient (Wildman–Crippen LogP) is 0.807. The molecule has 1 aliphatic rings. The van der Waals surface area contributed by atoms with Crippen molar-refractivity contribution >= 4 is 17.3 Å². The third-order valence-corrected chi connectivity index (χ3v) is 3.05. The zero-order chi connectivity index (χ0) is 13.1. The van der Waals surface area contributed by atoms with Crippen LogP contribution < -0.4 is 10.6 Å². The summed E-state index contributed by atoms with van der Waals surface area (Å²) in [4.78, 5) is 15.7. The smallest absolute Gasteiger partial charge is 0.255 e. The van der Waals surface area contributed by atoms with Crippen molar-refractivity contribution < 1.29 is 9.53 Å². The van der Waals surface area contributed by atoms with Gasteiger partial charge in [-0.2, -0.15) is 0 Å². The van der Waals surface area contributed by atoms with E-state index in [9.17, 15) is 4.79 Å². The van der Waals surface area contributed by atoms with Gasteiger partial charge in [-0.3, -0.25) is 4.79 Å². The standard InChI is InChI=1S/C13H19N3O2/c1-15(2)13(17)11-9-10(3-4-12(11)14)16-5-7-18-8-6-16/h3-4,9H,5-8,14H2,1-2H3. The van der Waals surface area contributed by atoms with Crippen LogP contribution in [-0.4, -0.2) is 51.2 Å². The average molecular weight is 249 g/mol. The summed E-state index contributed by atoms with van der Waals surface area (Å²) in [5.74, 6) is -0.0670. The Hall–Kier alpha value is -1.75. The molecule has 1 aromatic carbocycles. The quantitative estimate of drug-likeness (QED) is 0.788. The Kier molecular flexibility index (Phi) is 3.72. The number of nitrogens with zero attached hydrogens (tertiary/aromatic N) is 2. The maximum Gasteiger partial charge on any atom is 0.255 e. The normalized spacial score (nSPS) is 15.6. The van der Waals surface area contributed by atoms with Crippen LogP contribution in [0.3, 0.4) is 0 Å². The highest BCUT2D eigenvalue weighted by molar-refractivity contribution is 5.99. The van der Waals surface area contributed by atoms with Crippen LogP contribution in [-0.2, 0) is 4.74 Å². The van der Waals surface area contributed by atoms with Crippen molar-refractivity contribution in [1.29, 1.82) is 0 Å². The lowest BCUT2D eigenvalue weighted by Crippen LogP contribution is -2.36. The molecule has 1 aliphatic heterocycles. The van der Waals surface area contributed by atoms with Crippen molar-refractivity contribution in [3.63, 3.8) is 0 Å². The first-order chi connectivity index (χ1) is 8.59. The van der Waals surface area contributed by atoms with Gasteiger partial charge in [0, 0.05) is 38.6 Å². The number of morpholine rings is 1. The molecule has 0 atom stereocenters. The summed E-state index contributed by atoms with van der Waals surface area (Å²) < 4.78 is 5.32. The van der Waals surface area contributed by atoms with Crippen LogP contribution >= 0.6 is 0 Å². The first-order valence-electron chi connectivity index (χ1n) is 6.03. The van der Waals surface area contributed by atoms with E-state index in [2.05, 4.69) is 4.90 Å².